The van der Waals surface area contributed by atoms with Crippen molar-refractivity contribution in [2.45, 2.75) is 25.8 Å². The van der Waals surface area contributed by atoms with Crippen LogP contribution in [0.5, 0.6) is 5.88 Å². The molecule has 32 heavy (non-hydrogen) atoms. The number of methoxy groups -OCH3 is 1. The first-order valence-corrected chi connectivity index (χ1v) is 10.3. The van der Waals surface area contributed by atoms with E-state index in [1.165, 1.54) is 11.9 Å². The predicted molar refractivity (Wildman–Crippen MR) is 113 cm³/mol. The summed E-state index contributed by atoms with van der Waals surface area (Å²) in [7, 11) is 1.54. The molecule has 1 amide bonds. The maximum atomic E-state index is 13.6. The Hall–Kier alpha value is -4.08. The van der Waals surface area contributed by atoms with Crippen molar-refractivity contribution in [3.8, 4) is 23.0 Å². The second-order valence-electron chi connectivity index (χ2n) is 7.51. The van der Waals surface area contributed by atoms with Gasteiger partial charge >= 0.3 is 0 Å². The average Bonchev–Trinajstić information content (AvgIpc) is 3.59. The summed E-state index contributed by atoms with van der Waals surface area (Å²) < 4.78 is 10.9. The molecule has 5 rings (SSSR count). The molecule has 4 heterocycles. The van der Waals surface area contributed by atoms with Gasteiger partial charge in [-0.05, 0) is 44.0 Å². The summed E-state index contributed by atoms with van der Waals surface area (Å²) >= 11 is 0. The van der Waals surface area contributed by atoms with E-state index < -0.39 is 0 Å². The summed E-state index contributed by atoms with van der Waals surface area (Å²) in [6.45, 7) is 2.54. The van der Waals surface area contributed by atoms with Crippen molar-refractivity contribution >= 4 is 5.91 Å². The van der Waals surface area contributed by atoms with E-state index in [4.69, 9.17) is 9.26 Å². The summed E-state index contributed by atoms with van der Waals surface area (Å²) in [5.41, 5.74) is 2.76. The van der Waals surface area contributed by atoms with Gasteiger partial charge in [0.15, 0.2) is 0 Å². The van der Waals surface area contributed by atoms with Gasteiger partial charge in [-0.25, -0.2) is 4.98 Å². The van der Waals surface area contributed by atoms with Gasteiger partial charge in [-0.3, -0.25) is 4.79 Å². The number of nitrogens with zero attached hydrogens (tertiary/aromatic N) is 7. The first-order chi connectivity index (χ1) is 15.7. The minimum absolute atomic E-state index is 0.123. The van der Waals surface area contributed by atoms with Crippen LogP contribution in [0.4, 0.5) is 0 Å². The third-order valence-electron chi connectivity index (χ3n) is 5.46. The molecule has 1 aliphatic heterocycles. The van der Waals surface area contributed by atoms with Crippen molar-refractivity contribution in [1.29, 1.82) is 0 Å². The topological polar surface area (TPSA) is 112 Å². The van der Waals surface area contributed by atoms with Gasteiger partial charge < -0.3 is 14.2 Å². The van der Waals surface area contributed by atoms with Crippen LogP contribution in [0.2, 0.25) is 0 Å². The Morgan fingerprint density at radius 3 is 2.84 bits per heavy atom. The second-order valence-corrected chi connectivity index (χ2v) is 7.51. The Balaban J connectivity index is 1.47. The van der Waals surface area contributed by atoms with Crippen LogP contribution in [0.1, 0.15) is 40.7 Å². The van der Waals surface area contributed by atoms with Gasteiger partial charge in [0.25, 0.3) is 5.91 Å². The van der Waals surface area contributed by atoms with E-state index in [-0.39, 0.29) is 11.9 Å². The second kappa shape index (κ2) is 8.22. The van der Waals surface area contributed by atoms with Gasteiger partial charge in [-0.2, -0.15) is 20.0 Å². The van der Waals surface area contributed by atoms with Gasteiger partial charge in [-0.1, -0.05) is 16.8 Å². The SMILES string of the molecule is COc1ncccc1-c1noc(C2CCCN2C(=O)c2cc(C)ccc2-n2nccn2)n1. The number of likely N-dealkylation sites (tertiary alicyclic amines) is 1. The minimum Gasteiger partial charge on any atom is -0.480 e. The molecule has 10 nitrogen and oxygen atoms in total. The smallest absolute Gasteiger partial charge is 0.256 e. The Morgan fingerprint density at radius 2 is 2.03 bits per heavy atom. The fraction of sp³-hybridized carbons (Fsp3) is 0.273. The molecule has 1 saturated heterocycles. The fourth-order valence-corrected chi connectivity index (χ4v) is 3.96. The van der Waals surface area contributed by atoms with E-state index in [0.29, 0.717) is 41.0 Å². The molecule has 0 saturated carbocycles. The van der Waals surface area contributed by atoms with Gasteiger partial charge in [0, 0.05) is 12.7 Å². The molecule has 1 aliphatic rings. The van der Waals surface area contributed by atoms with Crippen molar-refractivity contribution in [3.05, 3.63) is 65.9 Å². The first-order valence-electron chi connectivity index (χ1n) is 10.3. The van der Waals surface area contributed by atoms with Crippen molar-refractivity contribution in [2.75, 3.05) is 13.7 Å². The summed E-state index contributed by atoms with van der Waals surface area (Å²) in [5, 5.41) is 12.5. The molecular weight excluding hydrogens is 410 g/mol. The Morgan fingerprint density at radius 1 is 1.19 bits per heavy atom. The van der Waals surface area contributed by atoms with Crippen LogP contribution in [0.15, 0.2) is 53.4 Å². The molecule has 1 fully saturated rings. The Labute approximate surface area is 183 Å². The highest BCUT2D eigenvalue weighted by Crippen LogP contribution is 2.35. The summed E-state index contributed by atoms with van der Waals surface area (Å²) in [4.78, 5) is 25.6. The summed E-state index contributed by atoms with van der Waals surface area (Å²) in [5.74, 6) is 1.06. The number of aryl methyl sites for hydroxylation is 1. The Kier molecular flexibility index (Phi) is 5.10. The van der Waals surface area contributed by atoms with E-state index >= 15 is 0 Å². The van der Waals surface area contributed by atoms with Crippen molar-refractivity contribution < 1.29 is 14.1 Å². The van der Waals surface area contributed by atoms with Gasteiger partial charge in [0.1, 0.15) is 6.04 Å². The Bertz CT molecular complexity index is 1250. The van der Waals surface area contributed by atoms with E-state index in [2.05, 4.69) is 25.3 Å². The number of amides is 1. The lowest BCUT2D eigenvalue weighted by Gasteiger charge is -2.23. The molecule has 10 heteroatoms. The number of benzene rings is 1. The van der Waals surface area contributed by atoms with E-state index in [9.17, 15) is 4.79 Å². The highest BCUT2D eigenvalue weighted by atomic mass is 16.5. The predicted octanol–water partition coefficient (Wildman–Crippen LogP) is 3.01. The van der Waals surface area contributed by atoms with Crippen molar-refractivity contribution in [3.63, 3.8) is 0 Å². The van der Waals surface area contributed by atoms with Crippen LogP contribution in [0.3, 0.4) is 0 Å². The molecule has 0 bridgehead atoms. The molecule has 1 unspecified atom stereocenters. The molecule has 0 N–H and O–H groups in total. The zero-order valence-electron chi connectivity index (χ0n) is 17.7. The van der Waals surface area contributed by atoms with Crippen LogP contribution in [0.25, 0.3) is 17.1 Å². The normalized spacial score (nSPS) is 15.8. The van der Waals surface area contributed by atoms with Gasteiger partial charge in [0.2, 0.25) is 17.6 Å². The maximum absolute atomic E-state index is 13.6. The maximum Gasteiger partial charge on any atom is 0.256 e. The molecule has 0 spiro atoms. The fourth-order valence-electron chi connectivity index (χ4n) is 3.96. The van der Waals surface area contributed by atoms with Crippen molar-refractivity contribution in [1.82, 2.24) is 35.0 Å². The monoisotopic (exact) mass is 431 g/mol. The highest BCUT2D eigenvalue weighted by Gasteiger charge is 2.36. The molecule has 3 aromatic heterocycles. The number of rotatable bonds is 5. The molecule has 1 aromatic carbocycles. The molecule has 4 aromatic rings. The largest absolute Gasteiger partial charge is 0.480 e. The minimum atomic E-state index is -0.314. The van der Waals surface area contributed by atoms with Gasteiger partial charge in [0.05, 0.1) is 36.3 Å². The quantitative estimate of drug-likeness (QED) is 0.474. The standard InChI is InChI=1S/C22H21N7O3/c1-14-7-8-17(29-24-10-11-25-29)16(13-14)22(30)28-12-4-6-18(28)21-26-19(27-32-21)15-5-3-9-23-20(15)31-2/h3,5,7-11,13,18H,4,6,12H2,1-2H3. The van der Waals surface area contributed by atoms with E-state index in [0.717, 1.165) is 18.4 Å². The summed E-state index contributed by atoms with van der Waals surface area (Å²) in [6, 6.07) is 8.92. The number of carbonyl (C=O) groups excluding carboxylic acids is 1. The molecular formula is C22H21N7O3. The van der Waals surface area contributed by atoms with E-state index in [1.54, 1.807) is 29.6 Å². The number of pyridine rings is 1. The van der Waals surface area contributed by atoms with Crippen LogP contribution in [0, 0.1) is 6.92 Å². The lowest BCUT2D eigenvalue weighted by molar-refractivity contribution is 0.0709. The number of aromatic nitrogens is 6. The summed E-state index contributed by atoms with van der Waals surface area (Å²) in [6.07, 6.45) is 6.37. The first kappa shape index (κ1) is 19.9. The van der Waals surface area contributed by atoms with Crippen LogP contribution < -0.4 is 4.74 Å². The van der Waals surface area contributed by atoms with Crippen LogP contribution in [-0.2, 0) is 0 Å². The number of hydrogen-bond acceptors (Lipinski definition) is 8. The van der Waals surface area contributed by atoms with E-state index in [1.807, 2.05) is 31.2 Å². The van der Waals surface area contributed by atoms with Crippen molar-refractivity contribution in [2.24, 2.45) is 0 Å². The van der Waals surface area contributed by atoms with Gasteiger partial charge in [-0.15, -0.1) is 0 Å². The molecule has 1 atom stereocenters. The third-order valence-corrected chi connectivity index (χ3v) is 5.46. The zero-order valence-corrected chi connectivity index (χ0v) is 17.7. The average molecular weight is 431 g/mol. The molecule has 0 aliphatic carbocycles. The number of ether oxygens (including phenoxy) is 1. The number of carbonyl (C=O) groups is 1. The van der Waals surface area contributed by atoms with Crippen LogP contribution >= 0.6 is 0 Å². The zero-order chi connectivity index (χ0) is 22.1. The lowest BCUT2D eigenvalue weighted by atomic mass is 10.1. The lowest BCUT2D eigenvalue weighted by Crippen LogP contribution is -2.31. The molecule has 162 valence electrons. The van der Waals surface area contributed by atoms with Crippen LogP contribution in [-0.4, -0.2) is 54.6 Å². The number of hydrogen-bond donors (Lipinski definition) is 0. The molecule has 0 radical (unpaired) electrons. The highest BCUT2D eigenvalue weighted by molar-refractivity contribution is 5.98. The third kappa shape index (κ3) is 3.49.